The number of guanidine groups is 1. The molecule has 0 atom stereocenters. The zero-order valence-corrected chi connectivity index (χ0v) is 15.3. The lowest BCUT2D eigenvalue weighted by Crippen LogP contribution is -2.36. The molecule has 0 saturated heterocycles. The number of aliphatic imine (C=N–C) groups is 1. The first-order chi connectivity index (χ1) is 12.9. The van der Waals surface area contributed by atoms with Gasteiger partial charge in [0, 0.05) is 19.7 Å². The highest BCUT2D eigenvalue weighted by atomic mass is 19.4. The van der Waals surface area contributed by atoms with Crippen molar-refractivity contribution in [2.75, 3.05) is 13.7 Å². The van der Waals surface area contributed by atoms with Crippen molar-refractivity contribution in [2.24, 2.45) is 4.99 Å². The van der Waals surface area contributed by atoms with Crippen LogP contribution in [0, 0.1) is 0 Å². The van der Waals surface area contributed by atoms with Gasteiger partial charge in [0.1, 0.15) is 6.61 Å². The van der Waals surface area contributed by atoms with E-state index < -0.39 is 12.8 Å². The summed E-state index contributed by atoms with van der Waals surface area (Å²) in [6.45, 7) is 1.65. The monoisotopic (exact) mass is 384 g/mol. The summed E-state index contributed by atoms with van der Waals surface area (Å²) >= 11 is 0. The summed E-state index contributed by atoms with van der Waals surface area (Å²) in [4.78, 5) is 4.13. The van der Waals surface area contributed by atoms with Gasteiger partial charge < -0.3 is 19.9 Å². The summed E-state index contributed by atoms with van der Waals surface area (Å²) < 4.78 is 46.0. The summed E-state index contributed by atoms with van der Waals surface area (Å²) in [5.74, 6) is 1.32. The summed E-state index contributed by atoms with van der Waals surface area (Å²) in [6.07, 6.45) is -3.50. The van der Waals surface area contributed by atoms with Gasteiger partial charge in [-0.3, -0.25) is 4.99 Å². The molecule has 1 aromatic heterocycles. The lowest BCUT2D eigenvalue weighted by atomic mass is 10.1. The van der Waals surface area contributed by atoms with Crippen molar-refractivity contribution < 1.29 is 22.4 Å². The van der Waals surface area contributed by atoms with Crippen molar-refractivity contribution in [1.82, 2.24) is 15.8 Å². The summed E-state index contributed by atoms with van der Waals surface area (Å²) in [7, 11) is 1.66. The minimum absolute atomic E-state index is 0.0760. The fourth-order valence-corrected chi connectivity index (χ4v) is 2.22. The molecule has 0 aliphatic heterocycles. The van der Waals surface area contributed by atoms with Gasteiger partial charge in [-0.15, -0.1) is 0 Å². The van der Waals surface area contributed by atoms with Crippen LogP contribution in [0.1, 0.15) is 29.5 Å². The number of hydrogen-bond acceptors (Lipinski definition) is 4. The van der Waals surface area contributed by atoms with Gasteiger partial charge in [-0.25, -0.2) is 0 Å². The second-order valence-electron chi connectivity index (χ2n) is 5.84. The minimum Gasteiger partial charge on any atom is -0.367 e. The van der Waals surface area contributed by atoms with E-state index in [2.05, 4.69) is 25.5 Å². The minimum atomic E-state index is -4.31. The molecule has 2 N–H and O–H groups in total. The third-order valence-corrected chi connectivity index (χ3v) is 3.64. The number of benzene rings is 1. The highest BCUT2D eigenvalue weighted by Crippen LogP contribution is 2.15. The van der Waals surface area contributed by atoms with Gasteiger partial charge in [0.25, 0.3) is 0 Å². The molecule has 6 nitrogen and oxygen atoms in total. The third-order valence-electron chi connectivity index (χ3n) is 3.64. The first-order valence-corrected chi connectivity index (χ1v) is 8.51. The topological polar surface area (TPSA) is 71.7 Å². The van der Waals surface area contributed by atoms with Gasteiger partial charge in [0.05, 0.1) is 18.8 Å². The van der Waals surface area contributed by atoms with Gasteiger partial charge >= 0.3 is 6.18 Å². The molecule has 0 bridgehead atoms. The molecule has 2 rings (SSSR count). The maximum atomic E-state index is 12.1. The van der Waals surface area contributed by atoms with Gasteiger partial charge in [-0.1, -0.05) is 36.3 Å². The maximum absolute atomic E-state index is 12.1. The summed E-state index contributed by atoms with van der Waals surface area (Å²) in [6, 6.07) is 9.03. The first kappa shape index (κ1) is 20.8. The molecule has 0 aliphatic rings. The molecule has 0 fully saturated rings. The van der Waals surface area contributed by atoms with Crippen LogP contribution in [0.15, 0.2) is 39.8 Å². The lowest BCUT2D eigenvalue weighted by Gasteiger charge is -2.11. The Kier molecular flexibility index (Phi) is 7.66. The van der Waals surface area contributed by atoms with Crippen LogP contribution in [0.4, 0.5) is 13.2 Å². The number of aromatic nitrogens is 1. The zero-order valence-electron chi connectivity index (χ0n) is 15.3. The van der Waals surface area contributed by atoms with E-state index in [4.69, 9.17) is 4.52 Å². The Hall–Kier alpha value is -2.55. The van der Waals surface area contributed by atoms with Crippen molar-refractivity contribution in [1.29, 1.82) is 0 Å². The SMILES string of the molecule is CCc1cc(CNC(=NC)NCc2ccc(COCC(F)(F)F)cc2)on1. The highest BCUT2D eigenvalue weighted by Gasteiger charge is 2.27. The van der Waals surface area contributed by atoms with Crippen LogP contribution in [0.25, 0.3) is 0 Å². The molecule has 148 valence electrons. The molecule has 0 amide bonds. The van der Waals surface area contributed by atoms with E-state index in [0.29, 0.717) is 24.6 Å². The third kappa shape index (κ3) is 7.69. The Morgan fingerprint density at radius 1 is 1.15 bits per heavy atom. The molecule has 0 unspecified atom stereocenters. The van der Waals surface area contributed by atoms with Crippen LogP contribution in [0.2, 0.25) is 0 Å². The fourth-order valence-electron chi connectivity index (χ4n) is 2.22. The predicted molar refractivity (Wildman–Crippen MR) is 95.1 cm³/mol. The average Bonchev–Trinajstić information content (AvgIpc) is 3.10. The Morgan fingerprint density at radius 3 is 2.41 bits per heavy atom. The van der Waals surface area contributed by atoms with Gasteiger partial charge in [0.2, 0.25) is 0 Å². The van der Waals surface area contributed by atoms with Crippen molar-refractivity contribution in [2.45, 2.75) is 39.2 Å². The Balaban J connectivity index is 1.75. The van der Waals surface area contributed by atoms with Gasteiger partial charge in [0.15, 0.2) is 11.7 Å². The van der Waals surface area contributed by atoms with E-state index >= 15 is 0 Å². The van der Waals surface area contributed by atoms with Gasteiger partial charge in [-0.2, -0.15) is 13.2 Å². The smallest absolute Gasteiger partial charge is 0.367 e. The quantitative estimate of drug-likeness (QED) is 0.540. The van der Waals surface area contributed by atoms with Crippen LogP contribution < -0.4 is 10.6 Å². The molecule has 0 radical (unpaired) electrons. The van der Waals surface area contributed by atoms with Crippen LogP contribution in [-0.4, -0.2) is 30.9 Å². The van der Waals surface area contributed by atoms with Crippen LogP contribution in [0.3, 0.4) is 0 Å². The van der Waals surface area contributed by atoms with Crippen LogP contribution in [0.5, 0.6) is 0 Å². The van der Waals surface area contributed by atoms with Crippen molar-refractivity contribution in [3.8, 4) is 0 Å². The van der Waals surface area contributed by atoms with E-state index in [-0.39, 0.29) is 6.61 Å². The van der Waals surface area contributed by atoms with E-state index in [1.807, 2.05) is 25.1 Å². The van der Waals surface area contributed by atoms with Gasteiger partial charge in [-0.05, 0) is 17.5 Å². The number of rotatable bonds is 8. The number of nitrogens with zero attached hydrogens (tertiary/aromatic N) is 2. The number of halogens is 3. The zero-order chi connectivity index (χ0) is 19.7. The number of alkyl halides is 3. The van der Waals surface area contributed by atoms with Crippen molar-refractivity contribution >= 4 is 5.96 Å². The predicted octanol–water partition coefficient (Wildman–Crippen LogP) is 3.18. The highest BCUT2D eigenvalue weighted by molar-refractivity contribution is 5.79. The van der Waals surface area contributed by atoms with E-state index in [9.17, 15) is 13.2 Å². The molecular formula is C18H23F3N4O2. The Labute approximate surface area is 155 Å². The number of aryl methyl sites for hydroxylation is 1. The number of hydrogen-bond donors (Lipinski definition) is 2. The largest absolute Gasteiger partial charge is 0.411 e. The standard InChI is InChI=1S/C18H23F3N4O2/c1-3-15-8-16(27-25-15)10-24-17(22-2)23-9-13-4-6-14(7-5-13)11-26-12-18(19,20)21/h4-8H,3,9-12H2,1-2H3,(H2,22,23,24). The normalized spacial score (nSPS) is 12.3. The first-order valence-electron chi connectivity index (χ1n) is 8.51. The maximum Gasteiger partial charge on any atom is 0.411 e. The Morgan fingerprint density at radius 2 is 1.81 bits per heavy atom. The number of ether oxygens (including phenoxy) is 1. The molecule has 9 heteroatoms. The van der Waals surface area contributed by atoms with Crippen molar-refractivity contribution in [3.05, 3.63) is 52.9 Å². The van der Waals surface area contributed by atoms with E-state index in [1.165, 1.54) is 0 Å². The van der Waals surface area contributed by atoms with Crippen molar-refractivity contribution in [3.63, 3.8) is 0 Å². The Bertz CT molecular complexity index is 727. The second-order valence-corrected chi connectivity index (χ2v) is 5.84. The summed E-state index contributed by atoms with van der Waals surface area (Å²) in [5, 5.41) is 10.2. The molecule has 1 heterocycles. The average molecular weight is 384 g/mol. The molecule has 0 saturated carbocycles. The molecular weight excluding hydrogens is 361 g/mol. The summed E-state index contributed by atoms with van der Waals surface area (Å²) in [5.41, 5.74) is 2.54. The molecule has 27 heavy (non-hydrogen) atoms. The molecule has 2 aromatic rings. The molecule has 0 aliphatic carbocycles. The molecule has 0 spiro atoms. The lowest BCUT2D eigenvalue weighted by molar-refractivity contribution is -0.176. The van der Waals surface area contributed by atoms with Crippen LogP contribution >= 0.6 is 0 Å². The molecule has 1 aromatic carbocycles. The van der Waals surface area contributed by atoms with E-state index in [0.717, 1.165) is 23.4 Å². The van der Waals surface area contributed by atoms with Crippen LogP contribution in [-0.2, 0) is 30.9 Å². The number of nitrogens with one attached hydrogen (secondary N) is 2. The fraction of sp³-hybridized carbons (Fsp3) is 0.444. The second kappa shape index (κ2) is 9.96. The van der Waals surface area contributed by atoms with E-state index in [1.54, 1.807) is 19.2 Å².